The summed E-state index contributed by atoms with van der Waals surface area (Å²) in [5, 5.41) is 8.88. The van der Waals surface area contributed by atoms with E-state index in [0.717, 1.165) is 0 Å². The molecule has 1 rings (SSSR count). The van der Waals surface area contributed by atoms with Crippen LogP contribution in [0.15, 0.2) is 18.2 Å². The molecule has 3 heteroatoms. The predicted octanol–water partition coefficient (Wildman–Crippen LogP) is 3.11. The molecule has 0 saturated carbocycles. The fourth-order valence-corrected chi connectivity index (χ4v) is 1.08. The van der Waals surface area contributed by atoms with Crippen molar-refractivity contribution in [2.24, 2.45) is 0 Å². The van der Waals surface area contributed by atoms with Crippen molar-refractivity contribution >= 4 is 11.6 Å². The van der Waals surface area contributed by atoms with E-state index in [1.165, 1.54) is 12.1 Å². The highest BCUT2D eigenvalue weighted by Crippen LogP contribution is 2.21. The molecule has 0 aliphatic heterocycles. The average Bonchev–Trinajstić information content (AvgIpc) is 2.03. The van der Waals surface area contributed by atoms with Gasteiger partial charge in [-0.2, -0.15) is 5.26 Å². The lowest BCUT2D eigenvalue weighted by Crippen LogP contribution is -1.93. The third-order valence-electron chi connectivity index (χ3n) is 1.62. The Morgan fingerprint density at radius 3 is 2.75 bits per heavy atom. The minimum atomic E-state index is -0.428. The molecular formula is C9H7ClFN. The van der Waals surface area contributed by atoms with Crippen LogP contribution in [0.1, 0.15) is 18.4 Å². The molecule has 0 radical (unpaired) electrons. The molecule has 1 aromatic rings. The second kappa shape index (κ2) is 3.55. The number of nitrogens with zero attached hydrogens (tertiary/aromatic N) is 1. The van der Waals surface area contributed by atoms with E-state index in [1.807, 2.05) is 6.07 Å². The molecule has 1 unspecified atom stereocenters. The van der Waals surface area contributed by atoms with Gasteiger partial charge in [0.1, 0.15) is 5.82 Å². The largest absolute Gasteiger partial charge is 0.207 e. The van der Waals surface area contributed by atoms with Crippen LogP contribution >= 0.6 is 11.6 Å². The van der Waals surface area contributed by atoms with Gasteiger partial charge in [0.25, 0.3) is 0 Å². The van der Waals surface area contributed by atoms with E-state index in [9.17, 15) is 4.39 Å². The molecule has 0 aliphatic rings. The summed E-state index contributed by atoms with van der Waals surface area (Å²) in [6.07, 6.45) is 0. The second-order valence-electron chi connectivity index (χ2n) is 2.52. The number of benzene rings is 1. The lowest BCUT2D eigenvalue weighted by Gasteiger charge is -2.03. The Morgan fingerprint density at radius 1 is 1.58 bits per heavy atom. The van der Waals surface area contributed by atoms with E-state index in [-0.39, 0.29) is 0 Å². The van der Waals surface area contributed by atoms with E-state index in [1.54, 1.807) is 13.0 Å². The zero-order valence-corrected chi connectivity index (χ0v) is 7.27. The summed E-state index contributed by atoms with van der Waals surface area (Å²) in [6.45, 7) is 1.65. The first-order valence-corrected chi connectivity index (χ1v) is 3.87. The summed E-state index contributed by atoms with van der Waals surface area (Å²) in [5.41, 5.74) is 0.391. The average molecular weight is 184 g/mol. The van der Waals surface area contributed by atoms with Gasteiger partial charge in [-0.3, -0.25) is 0 Å². The van der Waals surface area contributed by atoms with Crippen molar-refractivity contribution in [2.75, 3.05) is 0 Å². The molecule has 0 saturated heterocycles. The van der Waals surface area contributed by atoms with Crippen molar-refractivity contribution in [2.45, 2.75) is 12.8 Å². The maximum Gasteiger partial charge on any atom is 0.129 e. The lowest BCUT2D eigenvalue weighted by molar-refractivity contribution is 0.606. The molecule has 1 atom stereocenters. The number of nitriles is 1. The molecule has 0 heterocycles. The highest BCUT2D eigenvalue weighted by molar-refractivity contribution is 6.30. The van der Waals surface area contributed by atoms with Crippen LogP contribution in [-0.2, 0) is 0 Å². The van der Waals surface area contributed by atoms with Gasteiger partial charge in [-0.25, -0.2) is 4.39 Å². The fourth-order valence-electron chi connectivity index (χ4n) is 0.922. The van der Waals surface area contributed by atoms with Crippen LogP contribution in [0.5, 0.6) is 0 Å². The SMILES string of the molecule is CC(C#N)c1ccc(Cl)cc1F. The van der Waals surface area contributed by atoms with E-state index < -0.39 is 11.7 Å². The van der Waals surface area contributed by atoms with Gasteiger partial charge in [0.15, 0.2) is 0 Å². The highest BCUT2D eigenvalue weighted by Gasteiger charge is 2.09. The standard InChI is InChI=1S/C9H7ClFN/c1-6(5-12)8-3-2-7(10)4-9(8)11/h2-4,6H,1H3. The van der Waals surface area contributed by atoms with E-state index in [0.29, 0.717) is 10.6 Å². The predicted molar refractivity (Wildman–Crippen MR) is 45.4 cm³/mol. The molecule has 0 N–H and O–H groups in total. The van der Waals surface area contributed by atoms with Crippen molar-refractivity contribution in [3.05, 3.63) is 34.6 Å². The summed E-state index contributed by atoms with van der Waals surface area (Å²) in [6, 6.07) is 6.28. The molecule has 62 valence electrons. The van der Waals surface area contributed by atoms with Crippen molar-refractivity contribution in [3.63, 3.8) is 0 Å². The van der Waals surface area contributed by atoms with Crippen molar-refractivity contribution in [1.29, 1.82) is 5.26 Å². The summed E-state index contributed by atoms with van der Waals surface area (Å²) in [4.78, 5) is 0. The van der Waals surface area contributed by atoms with Gasteiger partial charge in [0.05, 0.1) is 12.0 Å². The third kappa shape index (κ3) is 1.75. The van der Waals surface area contributed by atoms with Gasteiger partial charge in [0, 0.05) is 10.6 Å². The Labute approximate surface area is 75.4 Å². The maximum absolute atomic E-state index is 13.1. The molecule has 0 aromatic heterocycles. The van der Waals surface area contributed by atoms with Gasteiger partial charge in [-0.15, -0.1) is 0 Å². The van der Waals surface area contributed by atoms with Crippen molar-refractivity contribution in [1.82, 2.24) is 0 Å². The molecule has 0 fully saturated rings. The normalized spacial score (nSPS) is 12.2. The number of hydrogen-bond acceptors (Lipinski definition) is 1. The first-order valence-electron chi connectivity index (χ1n) is 3.49. The second-order valence-corrected chi connectivity index (χ2v) is 2.95. The summed E-state index contributed by atoms with van der Waals surface area (Å²) in [7, 11) is 0. The summed E-state index contributed by atoms with van der Waals surface area (Å²) in [5.74, 6) is -0.848. The Balaban J connectivity index is 3.11. The summed E-state index contributed by atoms with van der Waals surface area (Å²) < 4.78 is 13.1. The van der Waals surface area contributed by atoms with Crippen LogP contribution in [0.4, 0.5) is 4.39 Å². The van der Waals surface area contributed by atoms with Crippen LogP contribution in [0, 0.1) is 17.1 Å². The van der Waals surface area contributed by atoms with Gasteiger partial charge in [-0.05, 0) is 19.1 Å². The molecule has 1 aromatic carbocycles. The van der Waals surface area contributed by atoms with Crippen LogP contribution in [-0.4, -0.2) is 0 Å². The van der Waals surface area contributed by atoms with E-state index in [4.69, 9.17) is 16.9 Å². The smallest absolute Gasteiger partial charge is 0.129 e. The van der Waals surface area contributed by atoms with E-state index in [2.05, 4.69) is 0 Å². The minimum Gasteiger partial charge on any atom is -0.207 e. The van der Waals surface area contributed by atoms with Gasteiger partial charge >= 0.3 is 0 Å². The van der Waals surface area contributed by atoms with Crippen LogP contribution in [0.3, 0.4) is 0 Å². The fraction of sp³-hybridized carbons (Fsp3) is 0.222. The Hall–Kier alpha value is -1.07. The lowest BCUT2D eigenvalue weighted by atomic mass is 10.0. The first kappa shape index (κ1) is 9.02. The molecule has 1 nitrogen and oxygen atoms in total. The molecular weight excluding hydrogens is 177 g/mol. The van der Waals surface area contributed by atoms with Gasteiger partial charge < -0.3 is 0 Å². The molecule has 0 amide bonds. The minimum absolute atomic E-state index is 0.349. The van der Waals surface area contributed by atoms with Crippen LogP contribution in [0.2, 0.25) is 5.02 Å². The summed E-state index contributed by atoms with van der Waals surface area (Å²) >= 11 is 5.54. The van der Waals surface area contributed by atoms with Crippen LogP contribution in [0.25, 0.3) is 0 Å². The Kier molecular flexibility index (Phi) is 2.67. The topological polar surface area (TPSA) is 23.8 Å². The molecule has 0 bridgehead atoms. The zero-order valence-electron chi connectivity index (χ0n) is 6.51. The number of rotatable bonds is 1. The Morgan fingerprint density at radius 2 is 2.25 bits per heavy atom. The maximum atomic E-state index is 13.1. The quantitative estimate of drug-likeness (QED) is 0.656. The molecule has 12 heavy (non-hydrogen) atoms. The van der Waals surface area contributed by atoms with Crippen LogP contribution < -0.4 is 0 Å². The number of hydrogen-bond donors (Lipinski definition) is 0. The molecule has 0 aliphatic carbocycles. The molecule has 0 spiro atoms. The Bertz CT molecular complexity index is 330. The monoisotopic (exact) mass is 183 g/mol. The van der Waals surface area contributed by atoms with E-state index >= 15 is 0 Å². The zero-order chi connectivity index (χ0) is 9.14. The van der Waals surface area contributed by atoms with Crippen molar-refractivity contribution < 1.29 is 4.39 Å². The van der Waals surface area contributed by atoms with Gasteiger partial charge in [-0.1, -0.05) is 17.7 Å². The number of halogens is 2. The van der Waals surface area contributed by atoms with Gasteiger partial charge in [0.2, 0.25) is 0 Å². The third-order valence-corrected chi connectivity index (χ3v) is 1.86. The highest BCUT2D eigenvalue weighted by atomic mass is 35.5. The van der Waals surface area contributed by atoms with Crippen molar-refractivity contribution in [3.8, 4) is 6.07 Å². The first-order chi connectivity index (χ1) is 5.65.